The monoisotopic (exact) mass is 267 g/mol. The molecule has 8 heteroatoms. The number of nitrogens with zero attached hydrogens (tertiary/aromatic N) is 1. The van der Waals surface area contributed by atoms with E-state index in [1.165, 1.54) is 0 Å². The first kappa shape index (κ1) is 12.7. The molecule has 0 radical (unpaired) electrons. The van der Waals surface area contributed by atoms with Gasteiger partial charge in [0, 0.05) is 0 Å². The number of rotatable bonds is 1. The quantitative estimate of drug-likeness (QED) is 0.443. The van der Waals surface area contributed by atoms with Crippen molar-refractivity contribution in [3.05, 3.63) is 34.6 Å². The molecule has 0 aliphatic carbocycles. The van der Waals surface area contributed by atoms with E-state index in [0.29, 0.717) is 11.5 Å². The van der Waals surface area contributed by atoms with Crippen LogP contribution in [0.5, 0.6) is 0 Å². The molecule has 2 rings (SSSR count). The first-order valence-corrected chi connectivity index (χ1v) is 4.91. The van der Waals surface area contributed by atoms with Crippen molar-refractivity contribution < 1.29 is 31.6 Å². The van der Waals surface area contributed by atoms with Crippen LogP contribution in [0.4, 0.5) is 22.0 Å². The van der Waals surface area contributed by atoms with Crippen LogP contribution in [0.25, 0.3) is 0 Å². The van der Waals surface area contributed by atoms with Crippen LogP contribution in [-0.2, 0) is 4.84 Å². The summed E-state index contributed by atoms with van der Waals surface area (Å²) in [5.74, 6) is -12.3. The van der Waals surface area contributed by atoms with Crippen molar-refractivity contribution in [2.75, 3.05) is 13.2 Å². The van der Waals surface area contributed by atoms with Crippen molar-refractivity contribution in [3.63, 3.8) is 0 Å². The second-order valence-electron chi connectivity index (χ2n) is 3.54. The molecule has 98 valence electrons. The van der Waals surface area contributed by atoms with Crippen LogP contribution in [0.1, 0.15) is 16.8 Å². The molecule has 1 fully saturated rings. The van der Waals surface area contributed by atoms with Crippen molar-refractivity contribution in [2.45, 2.75) is 6.42 Å². The maximum absolute atomic E-state index is 13.3. The van der Waals surface area contributed by atoms with Gasteiger partial charge in [-0.2, -0.15) is 0 Å². The average molecular weight is 267 g/mol. The Morgan fingerprint density at radius 2 is 1.44 bits per heavy atom. The minimum atomic E-state index is -2.30. The molecule has 1 heterocycles. The fraction of sp³-hybridized carbons (Fsp3) is 0.300. The lowest BCUT2D eigenvalue weighted by Crippen LogP contribution is -2.29. The second-order valence-corrected chi connectivity index (χ2v) is 3.54. The van der Waals surface area contributed by atoms with Gasteiger partial charge in [0.25, 0.3) is 5.91 Å². The van der Waals surface area contributed by atoms with E-state index in [4.69, 9.17) is 4.84 Å². The Morgan fingerprint density at radius 3 is 1.89 bits per heavy atom. The summed E-state index contributed by atoms with van der Waals surface area (Å²) in [7, 11) is 0. The summed E-state index contributed by atoms with van der Waals surface area (Å²) in [5.41, 5.74) is -1.51. The van der Waals surface area contributed by atoms with E-state index in [0.717, 1.165) is 0 Å². The van der Waals surface area contributed by atoms with Gasteiger partial charge in [0.1, 0.15) is 5.56 Å². The Kier molecular flexibility index (Phi) is 3.20. The summed E-state index contributed by atoms with van der Waals surface area (Å²) in [6.07, 6.45) is 0.418. The summed E-state index contributed by atoms with van der Waals surface area (Å²) in [5, 5.41) is 0.568. The molecule has 0 saturated carbocycles. The fourth-order valence-corrected chi connectivity index (χ4v) is 1.52. The van der Waals surface area contributed by atoms with Crippen molar-refractivity contribution in [1.82, 2.24) is 5.06 Å². The van der Waals surface area contributed by atoms with Crippen molar-refractivity contribution in [2.24, 2.45) is 0 Å². The van der Waals surface area contributed by atoms with E-state index >= 15 is 0 Å². The molecule has 3 nitrogen and oxygen atoms in total. The third kappa shape index (κ3) is 1.82. The molecule has 0 N–H and O–H groups in total. The minimum Gasteiger partial charge on any atom is -0.271 e. The van der Waals surface area contributed by atoms with Crippen molar-refractivity contribution in [3.8, 4) is 0 Å². The van der Waals surface area contributed by atoms with Crippen LogP contribution in [0, 0.1) is 29.1 Å². The van der Waals surface area contributed by atoms with Gasteiger partial charge in [0.2, 0.25) is 5.82 Å². The molecule has 1 aromatic carbocycles. The van der Waals surface area contributed by atoms with Gasteiger partial charge in [-0.05, 0) is 6.42 Å². The number of hydroxylamine groups is 2. The number of amides is 1. The van der Waals surface area contributed by atoms with Gasteiger partial charge in [-0.25, -0.2) is 27.0 Å². The van der Waals surface area contributed by atoms with E-state index in [2.05, 4.69) is 0 Å². The summed E-state index contributed by atoms with van der Waals surface area (Å²) in [4.78, 5) is 16.3. The van der Waals surface area contributed by atoms with Crippen molar-refractivity contribution in [1.29, 1.82) is 0 Å². The van der Waals surface area contributed by atoms with Gasteiger partial charge in [-0.3, -0.25) is 9.63 Å². The highest BCUT2D eigenvalue weighted by molar-refractivity contribution is 5.94. The lowest BCUT2D eigenvalue weighted by Gasteiger charge is -2.15. The van der Waals surface area contributed by atoms with Crippen LogP contribution in [0.2, 0.25) is 0 Å². The van der Waals surface area contributed by atoms with E-state index in [1.807, 2.05) is 0 Å². The zero-order chi connectivity index (χ0) is 13.4. The Bertz CT molecular complexity index is 484. The first-order valence-electron chi connectivity index (χ1n) is 4.91. The van der Waals surface area contributed by atoms with Crippen LogP contribution in [0.15, 0.2) is 0 Å². The Morgan fingerprint density at radius 1 is 0.944 bits per heavy atom. The van der Waals surface area contributed by atoms with E-state index in [1.54, 1.807) is 0 Å². The zero-order valence-electron chi connectivity index (χ0n) is 8.77. The maximum Gasteiger partial charge on any atom is 0.283 e. The molecule has 1 saturated heterocycles. The SMILES string of the molecule is O=C(c1c(F)c(F)c(F)c(F)c1F)N1CCCO1. The average Bonchev–Trinajstić information content (AvgIpc) is 2.88. The standard InChI is InChI=1S/C10H6F5NO2/c11-5-4(10(17)16-2-1-3-18-16)6(12)8(14)9(15)7(5)13/h1-3H2. The fourth-order valence-electron chi connectivity index (χ4n) is 1.52. The van der Waals surface area contributed by atoms with Crippen LogP contribution >= 0.6 is 0 Å². The second kappa shape index (κ2) is 4.52. The highest BCUT2D eigenvalue weighted by atomic mass is 19.2. The lowest BCUT2D eigenvalue weighted by atomic mass is 10.1. The molecule has 1 aliphatic heterocycles. The number of carbonyl (C=O) groups is 1. The number of hydrogen-bond acceptors (Lipinski definition) is 2. The van der Waals surface area contributed by atoms with E-state index in [9.17, 15) is 26.7 Å². The highest BCUT2D eigenvalue weighted by Gasteiger charge is 2.33. The highest BCUT2D eigenvalue weighted by Crippen LogP contribution is 2.25. The molecular formula is C10H6F5NO2. The smallest absolute Gasteiger partial charge is 0.271 e. The predicted molar refractivity (Wildman–Crippen MR) is 47.8 cm³/mol. The zero-order valence-corrected chi connectivity index (χ0v) is 8.77. The molecule has 0 unspecified atom stereocenters. The van der Waals surface area contributed by atoms with E-state index < -0.39 is 40.6 Å². The summed E-state index contributed by atoms with van der Waals surface area (Å²) >= 11 is 0. The molecule has 0 atom stereocenters. The molecule has 18 heavy (non-hydrogen) atoms. The molecule has 1 amide bonds. The van der Waals surface area contributed by atoms with Crippen molar-refractivity contribution >= 4 is 5.91 Å². The molecular weight excluding hydrogens is 261 g/mol. The third-order valence-electron chi connectivity index (χ3n) is 2.40. The molecule has 0 aromatic heterocycles. The summed E-state index contributed by atoms with van der Waals surface area (Å²) in [6, 6.07) is 0. The van der Waals surface area contributed by atoms with Gasteiger partial charge in [-0.15, -0.1) is 0 Å². The van der Waals surface area contributed by atoms with Gasteiger partial charge in [0.05, 0.1) is 13.2 Å². The molecule has 0 bridgehead atoms. The Hall–Kier alpha value is -1.70. The Balaban J connectivity index is 2.53. The summed E-state index contributed by atoms with van der Waals surface area (Å²) in [6.45, 7) is 0.166. The number of benzene rings is 1. The van der Waals surface area contributed by atoms with Crippen LogP contribution in [-0.4, -0.2) is 24.1 Å². The normalized spacial score (nSPS) is 15.3. The first-order chi connectivity index (χ1) is 8.45. The van der Waals surface area contributed by atoms with Gasteiger partial charge in [0.15, 0.2) is 23.3 Å². The van der Waals surface area contributed by atoms with Gasteiger partial charge < -0.3 is 0 Å². The Labute approximate surface area is 97.7 Å². The number of halogens is 5. The topological polar surface area (TPSA) is 29.5 Å². The minimum absolute atomic E-state index is 0.0261. The maximum atomic E-state index is 13.3. The van der Waals surface area contributed by atoms with Crippen LogP contribution in [0.3, 0.4) is 0 Å². The lowest BCUT2D eigenvalue weighted by molar-refractivity contribution is -0.0774. The number of carbonyl (C=O) groups excluding carboxylic acids is 1. The number of hydrogen-bond donors (Lipinski definition) is 0. The molecule has 1 aliphatic rings. The summed E-state index contributed by atoms with van der Waals surface area (Å²) < 4.78 is 65.1. The van der Waals surface area contributed by atoms with Gasteiger partial charge >= 0.3 is 0 Å². The molecule has 1 aromatic rings. The largest absolute Gasteiger partial charge is 0.283 e. The van der Waals surface area contributed by atoms with Crippen LogP contribution < -0.4 is 0 Å². The third-order valence-corrected chi connectivity index (χ3v) is 2.40. The molecule has 0 spiro atoms. The van der Waals surface area contributed by atoms with Gasteiger partial charge in [-0.1, -0.05) is 0 Å². The van der Waals surface area contributed by atoms with E-state index in [-0.39, 0.29) is 13.2 Å². The predicted octanol–water partition coefficient (Wildman–Crippen LogP) is 2.16.